The molecule has 0 aromatic rings. The van der Waals surface area contributed by atoms with Crippen LogP contribution in [0.5, 0.6) is 0 Å². The first kappa shape index (κ1) is 15.9. The summed E-state index contributed by atoms with van der Waals surface area (Å²) >= 11 is 0. The molecular weight excluding hydrogens is 212 g/mol. The molecule has 0 aromatic carbocycles. The second-order valence-corrected chi connectivity index (χ2v) is 3.98. The van der Waals surface area contributed by atoms with Gasteiger partial charge in [-0.1, -0.05) is 33.6 Å². The van der Waals surface area contributed by atoms with E-state index >= 15 is 0 Å². The predicted molar refractivity (Wildman–Crippen MR) is 74.1 cm³/mol. The van der Waals surface area contributed by atoms with Gasteiger partial charge < -0.3 is 5.32 Å². The lowest BCUT2D eigenvalue weighted by Gasteiger charge is -2.10. The molecule has 1 amide bonds. The maximum Gasteiger partial charge on any atom is 0.225 e. The summed E-state index contributed by atoms with van der Waals surface area (Å²) in [5, 5.41) is 2.84. The van der Waals surface area contributed by atoms with Crippen LogP contribution in [-0.2, 0) is 4.79 Å². The topological polar surface area (TPSA) is 41.5 Å². The number of amides is 1. The van der Waals surface area contributed by atoms with Gasteiger partial charge in [0, 0.05) is 12.1 Å². The fourth-order valence-electron chi connectivity index (χ4n) is 1.54. The minimum absolute atomic E-state index is 0.0909. The number of nitrogens with zero attached hydrogens (tertiary/aromatic N) is 1. The number of hydrogen-bond donors (Lipinski definition) is 1. The maximum absolute atomic E-state index is 11.5. The Hall–Kier alpha value is -1.12. The summed E-state index contributed by atoms with van der Waals surface area (Å²) in [5.41, 5.74) is 1.10. The average molecular weight is 238 g/mol. The number of unbranched alkanes of at least 4 members (excludes halogenated alkanes) is 2. The lowest BCUT2D eigenvalue weighted by molar-refractivity contribution is -0.120. The highest BCUT2D eigenvalue weighted by atomic mass is 16.1. The first-order valence-electron chi connectivity index (χ1n) is 6.76. The third-order valence-corrected chi connectivity index (χ3v) is 2.43. The molecule has 0 unspecified atom stereocenters. The van der Waals surface area contributed by atoms with E-state index in [0.29, 0.717) is 6.42 Å². The Morgan fingerprint density at radius 1 is 1.41 bits per heavy atom. The molecule has 1 aliphatic rings. The number of carbonyl (C=O) groups excluding carboxylic acids is 1. The minimum atomic E-state index is 0.0909. The molecule has 1 rings (SSSR count). The first-order valence-corrected chi connectivity index (χ1v) is 6.76. The molecule has 98 valence electrons. The molecule has 0 bridgehead atoms. The van der Waals surface area contributed by atoms with Crippen molar-refractivity contribution in [3.8, 4) is 0 Å². The zero-order valence-electron chi connectivity index (χ0n) is 11.7. The van der Waals surface area contributed by atoms with E-state index in [1.54, 1.807) is 0 Å². The summed E-state index contributed by atoms with van der Waals surface area (Å²) < 4.78 is 0. The molecule has 3 heteroatoms. The van der Waals surface area contributed by atoms with Gasteiger partial charge in [-0.15, -0.1) is 0 Å². The van der Waals surface area contributed by atoms with Gasteiger partial charge in [-0.25, -0.2) is 4.99 Å². The van der Waals surface area contributed by atoms with Gasteiger partial charge in [0.15, 0.2) is 0 Å². The Bertz CT molecular complexity index is 280. The summed E-state index contributed by atoms with van der Waals surface area (Å²) in [4.78, 5) is 15.8. The molecule has 3 nitrogen and oxygen atoms in total. The number of hydrogen-bond acceptors (Lipinski definition) is 2. The number of nitrogens with one attached hydrogen (secondary N) is 1. The number of rotatable bonds is 5. The molecular formula is C14H26N2O. The molecule has 0 atom stereocenters. The van der Waals surface area contributed by atoms with E-state index in [2.05, 4.69) is 17.2 Å². The van der Waals surface area contributed by atoms with Gasteiger partial charge in [0.2, 0.25) is 5.91 Å². The zero-order valence-corrected chi connectivity index (χ0v) is 11.7. The van der Waals surface area contributed by atoms with E-state index in [0.717, 1.165) is 43.6 Å². The molecule has 0 aliphatic carbocycles. The van der Waals surface area contributed by atoms with Crippen LogP contribution in [0.3, 0.4) is 0 Å². The average Bonchev–Trinajstić information content (AvgIpc) is 2.32. The van der Waals surface area contributed by atoms with Gasteiger partial charge in [-0.2, -0.15) is 0 Å². The van der Waals surface area contributed by atoms with Crippen molar-refractivity contribution in [1.29, 1.82) is 0 Å². The van der Waals surface area contributed by atoms with Crippen LogP contribution in [0.4, 0.5) is 0 Å². The van der Waals surface area contributed by atoms with Crippen molar-refractivity contribution in [2.24, 2.45) is 4.99 Å². The third kappa shape index (κ3) is 7.72. The molecule has 0 radical (unpaired) electrons. The van der Waals surface area contributed by atoms with Gasteiger partial charge in [-0.05, 0) is 32.3 Å². The number of aliphatic imine (C=N–C) groups is 1. The van der Waals surface area contributed by atoms with Gasteiger partial charge in [-0.3, -0.25) is 4.79 Å². The maximum atomic E-state index is 11.5. The van der Waals surface area contributed by atoms with Crippen molar-refractivity contribution in [2.45, 2.75) is 66.2 Å². The van der Waals surface area contributed by atoms with Gasteiger partial charge >= 0.3 is 0 Å². The van der Waals surface area contributed by atoms with Crippen molar-refractivity contribution in [3.63, 3.8) is 0 Å². The molecule has 17 heavy (non-hydrogen) atoms. The fourth-order valence-corrected chi connectivity index (χ4v) is 1.54. The van der Waals surface area contributed by atoms with Gasteiger partial charge in [0.05, 0.1) is 0 Å². The largest absolute Gasteiger partial charge is 0.311 e. The summed E-state index contributed by atoms with van der Waals surface area (Å²) in [6, 6.07) is 0. The summed E-state index contributed by atoms with van der Waals surface area (Å²) in [6.07, 6.45) is 7.83. The molecule has 1 heterocycles. The quantitative estimate of drug-likeness (QED) is 0.727. The van der Waals surface area contributed by atoms with Crippen LogP contribution < -0.4 is 5.32 Å². The normalized spacial score (nSPS) is 14.1. The van der Waals surface area contributed by atoms with E-state index in [1.165, 1.54) is 0 Å². The first-order chi connectivity index (χ1) is 8.22. The Labute approximate surface area is 105 Å². The molecule has 0 saturated heterocycles. The van der Waals surface area contributed by atoms with Crippen LogP contribution in [0, 0.1) is 0 Å². The van der Waals surface area contributed by atoms with Gasteiger partial charge in [0.25, 0.3) is 0 Å². The molecule has 0 fully saturated rings. The second-order valence-electron chi connectivity index (χ2n) is 3.98. The van der Waals surface area contributed by atoms with Crippen LogP contribution in [0.25, 0.3) is 0 Å². The smallest absolute Gasteiger partial charge is 0.225 e. The Balaban J connectivity index is 0.00000121. The van der Waals surface area contributed by atoms with Crippen LogP contribution in [0.2, 0.25) is 0 Å². The highest BCUT2D eigenvalue weighted by Gasteiger charge is 2.06. The molecule has 1 N–H and O–H groups in total. The summed E-state index contributed by atoms with van der Waals surface area (Å²) in [7, 11) is 0. The lowest BCUT2D eigenvalue weighted by atomic mass is 10.1. The van der Waals surface area contributed by atoms with Crippen molar-refractivity contribution in [2.75, 3.05) is 0 Å². The van der Waals surface area contributed by atoms with Crippen molar-refractivity contribution in [1.82, 2.24) is 5.32 Å². The summed E-state index contributed by atoms with van der Waals surface area (Å²) in [5.74, 6) is 0.827. The van der Waals surface area contributed by atoms with Gasteiger partial charge in [0.1, 0.15) is 5.82 Å². The Morgan fingerprint density at radius 3 is 2.71 bits per heavy atom. The van der Waals surface area contributed by atoms with Crippen LogP contribution in [-0.4, -0.2) is 11.6 Å². The molecule has 0 aromatic heterocycles. The van der Waals surface area contributed by atoms with Crippen molar-refractivity contribution < 1.29 is 4.79 Å². The molecule has 1 aliphatic heterocycles. The van der Waals surface area contributed by atoms with Crippen LogP contribution >= 0.6 is 0 Å². The molecule has 0 spiro atoms. The zero-order chi connectivity index (χ0) is 13.1. The highest BCUT2D eigenvalue weighted by molar-refractivity contribution is 5.85. The third-order valence-electron chi connectivity index (χ3n) is 2.43. The number of carbonyl (C=O) groups is 1. The van der Waals surface area contributed by atoms with E-state index in [-0.39, 0.29) is 5.91 Å². The number of allylic oxidation sites excluding steroid dienone is 1. The predicted octanol–water partition coefficient (Wildman–Crippen LogP) is 3.81. The standard InChI is InChI=1S/C12H20N2O.C2H6/c1-3-4-5-9-12(15)14-11-8-6-7-10(2)13-11;1-2/h8H,3-7,9H2,1-2H3,(H,14,15);1-2H3. The Kier molecular flexibility index (Phi) is 9.40. The second kappa shape index (κ2) is 10.1. The van der Waals surface area contributed by atoms with Crippen molar-refractivity contribution >= 4 is 11.6 Å². The van der Waals surface area contributed by atoms with E-state index in [4.69, 9.17) is 0 Å². The van der Waals surface area contributed by atoms with Crippen LogP contribution in [0.1, 0.15) is 66.2 Å². The minimum Gasteiger partial charge on any atom is -0.311 e. The highest BCUT2D eigenvalue weighted by Crippen LogP contribution is 2.08. The monoisotopic (exact) mass is 238 g/mol. The van der Waals surface area contributed by atoms with E-state index < -0.39 is 0 Å². The SMILES string of the molecule is CC.CCCCCC(=O)NC1=CCCC(C)=N1. The molecule has 0 saturated carbocycles. The van der Waals surface area contributed by atoms with Crippen LogP contribution in [0.15, 0.2) is 16.9 Å². The fraction of sp³-hybridized carbons (Fsp3) is 0.714. The van der Waals surface area contributed by atoms with E-state index in [1.807, 2.05) is 26.8 Å². The van der Waals surface area contributed by atoms with Crippen molar-refractivity contribution in [3.05, 3.63) is 11.9 Å². The summed E-state index contributed by atoms with van der Waals surface area (Å²) in [6.45, 7) is 8.13. The Morgan fingerprint density at radius 2 is 2.12 bits per heavy atom. The van der Waals surface area contributed by atoms with E-state index in [9.17, 15) is 4.79 Å². The lowest BCUT2D eigenvalue weighted by Crippen LogP contribution is -2.23.